The van der Waals surface area contributed by atoms with Gasteiger partial charge in [0.25, 0.3) is 0 Å². The Hall–Kier alpha value is -2.96. The van der Waals surface area contributed by atoms with Gasteiger partial charge in [0.15, 0.2) is 0 Å². The summed E-state index contributed by atoms with van der Waals surface area (Å²) in [6, 6.07) is 23.8. The van der Waals surface area contributed by atoms with Crippen LogP contribution in [0.1, 0.15) is 53.5 Å². The number of carbonyl (C=O) groups is 1. The molecule has 0 spiro atoms. The highest BCUT2D eigenvalue weighted by Gasteiger charge is 2.31. The third-order valence-electron chi connectivity index (χ3n) is 7.40. The Morgan fingerprint density at radius 3 is 1.95 bits per heavy atom. The van der Waals surface area contributed by atoms with Crippen molar-refractivity contribution in [3.8, 4) is 0 Å². The first kappa shape index (κ1) is 27.1. The molecule has 1 fully saturated rings. The molecule has 1 aliphatic rings. The second kappa shape index (κ2) is 12.1. The molecule has 0 aromatic heterocycles. The van der Waals surface area contributed by atoms with Crippen LogP contribution in [0.3, 0.4) is 0 Å². The van der Waals surface area contributed by atoms with E-state index in [9.17, 15) is 13.2 Å². The summed E-state index contributed by atoms with van der Waals surface area (Å²) >= 11 is 0. The molecule has 3 aromatic carbocycles. The molecular formula is C31H38N2O3S. The zero-order valence-electron chi connectivity index (χ0n) is 22.1. The molecule has 0 bridgehead atoms. The summed E-state index contributed by atoms with van der Waals surface area (Å²) in [7, 11) is -3.66. The van der Waals surface area contributed by atoms with Crippen LogP contribution in [0.2, 0.25) is 0 Å². The average molecular weight is 519 g/mol. The van der Waals surface area contributed by atoms with E-state index in [1.807, 2.05) is 55.1 Å². The van der Waals surface area contributed by atoms with E-state index >= 15 is 0 Å². The number of hydrogen-bond donors (Lipinski definition) is 0. The van der Waals surface area contributed by atoms with Crippen LogP contribution in [0.4, 0.5) is 0 Å². The van der Waals surface area contributed by atoms with Gasteiger partial charge in [-0.15, -0.1) is 0 Å². The molecule has 3 aromatic rings. The fourth-order valence-electron chi connectivity index (χ4n) is 5.37. The fourth-order valence-corrected chi connectivity index (χ4v) is 7.06. The monoisotopic (exact) mass is 518 g/mol. The van der Waals surface area contributed by atoms with Gasteiger partial charge in [-0.05, 0) is 86.8 Å². The summed E-state index contributed by atoms with van der Waals surface area (Å²) in [6.45, 7) is 7.37. The Labute approximate surface area is 222 Å². The van der Waals surface area contributed by atoms with Crippen LogP contribution in [0.15, 0.2) is 77.7 Å². The van der Waals surface area contributed by atoms with Crippen LogP contribution in [-0.4, -0.2) is 36.6 Å². The number of hydrogen-bond acceptors (Lipinski definition) is 3. The highest BCUT2D eigenvalue weighted by atomic mass is 32.2. The minimum atomic E-state index is -3.66. The predicted octanol–water partition coefficient (Wildman–Crippen LogP) is 6.02. The summed E-state index contributed by atoms with van der Waals surface area (Å²) in [6.07, 6.45) is 4.54. The quantitative estimate of drug-likeness (QED) is 0.308. The standard InChI is InChI=1S/C31H38N2O3S/c1-24-9-11-28(12-10-24)20-32(23-34)30-15-13-29(14-16-30)22-33(21-27-7-5-4-6-8-27)37(35,36)31-18-25(2)17-26(3)19-31/h4-12,17-19,23,29-30H,13-16,20-22H2,1-3H3. The number of sulfonamides is 1. The number of amides is 1. The second-order valence-electron chi connectivity index (χ2n) is 10.5. The maximum atomic E-state index is 13.8. The Morgan fingerprint density at radius 2 is 1.35 bits per heavy atom. The van der Waals surface area contributed by atoms with E-state index < -0.39 is 10.0 Å². The molecule has 0 heterocycles. The van der Waals surface area contributed by atoms with Crippen LogP contribution in [0.5, 0.6) is 0 Å². The van der Waals surface area contributed by atoms with E-state index in [-0.39, 0.29) is 12.0 Å². The highest BCUT2D eigenvalue weighted by molar-refractivity contribution is 7.89. The highest BCUT2D eigenvalue weighted by Crippen LogP contribution is 2.31. The first-order chi connectivity index (χ1) is 17.7. The third kappa shape index (κ3) is 7.08. The van der Waals surface area contributed by atoms with Crippen LogP contribution in [0, 0.1) is 26.7 Å². The molecule has 1 saturated carbocycles. The topological polar surface area (TPSA) is 57.7 Å². The van der Waals surface area contributed by atoms with E-state index in [2.05, 4.69) is 31.2 Å². The molecule has 0 saturated heterocycles. The van der Waals surface area contributed by atoms with E-state index in [1.54, 1.807) is 16.4 Å². The Balaban J connectivity index is 1.46. The van der Waals surface area contributed by atoms with Gasteiger partial charge in [0.05, 0.1) is 4.90 Å². The lowest BCUT2D eigenvalue weighted by Crippen LogP contribution is -2.40. The minimum Gasteiger partial charge on any atom is -0.338 e. The zero-order valence-corrected chi connectivity index (χ0v) is 23.0. The molecule has 1 aliphatic carbocycles. The number of carbonyl (C=O) groups excluding carboxylic acids is 1. The Morgan fingerprint density at radius 1 is 0.757 bits per heavy atom. The summed E-state index contributed by atoms with van der Waals surface area (Å²) in [5.41, 5.74) is 5.21. The first-order valence-corrected chi connectivity index (χ1v) is 14.6. The number of nitrogens with zero attached hydrogens (tertiary/aromatic N) is 2. The molecule has 37 heavy (non-hydrogen) atoms. The normalized spacial score (nSPS) is 18.1. The van der Waals surface area contributed by atoms with Gasteiger partial charge in [-0.25, -0.2) is 8.42 Å². The molecule has 196 valence electrons. The fraction of sp³-hybridized carbons (Fsp3) is 0.387. The minimum absolute atomic E-state index is 0.189. The summed E-state index contributed by atoms with van der Waals surface area (Å²) < 4.78 is 29.3. The van der Waals surface area contributed by atoms with Gasteiger partial charge >= 0.3 is 0 Å². The smallest absolute Gasteiger partial charge is 0.243 e. The predicted molar refractivity (Wildman–Crippen MR) is 148 cm³/mol. The first-order valence-electron chi connectivity index (χ1n) is 13.1. The summed E-state index contributed by atoms with van der Waals surface area (Å²) in [4.78, 5) is 14.2. The molecule has 0 radical (unpaired) electrons. The maximum Gasteiger partial charge on any atom is 0.243 e. The largest absolute Gasteiger partial charge is 0.338 e. The van der Waals surface area contributed by atoms with Crippen molar-refractivity contribution >= 4 is 16.4 Å². The summed E-state index contributed by atoms with van der Waals surface area (Å²) in [5.74, 6) is 0.258. The molecule has 5 nitrogen and oxygen atoms in total. The molecule has 0 atom stereocenters. The Kier molecular flexibility index (Phi) is 8.83. The van der Waals surface area contributed by atoms with Crippen molar-refractivity contribution in [3.05, 3.63) is 101 Å². The molecule has 0 N–H and O–H groups in total. The van der Waals surface area contributed by atoms with Crippen molar-refractivity contribution in [2.75, 3.05) is 6.54 Å². The van der Waals surface area contributed by atoms with Crippen molar-refractivity contribution < 1.29 is 13.2 Å². The lowest BCUT2D eigenvalue weighted by atomic mass is 9.85. The molecule has 4 rings (SSSR count). The molecular weight excluding hydrogens is 480 g/mol. The van der Waals surface area contributed by atoms with Crippen LogP contribution in [0.25, 0.3) is 0 Å². The van der Waals surface area contributed by atoms with Crippen molar-refractivity contribution in [2.45, 2.75) is 70.5 Å². The van der Waals surface area contributed by atoms with Gasteiger partial charge in [-0.3, -0.25) is 4.79 Å². The lowest BCUT2D eigenvalue weighted by molar-refractivity contribution is -0.121. The van der Waals surface area contributed by atoms with Gasteiger partial charge < -0.3 is 4.90 Å². The lowest BCUT2D eigenvalue weighted by Gasteiger charge is -2.36. The van der Waals surface area contributed by atoms with E-state index in [4.69, 9.17) is 0 Å². The summed E-state index contributed by atoms with van der Waals surface area (Å²) in [5, 5.41) is 0. The SMILES string of the molecule is Cc1ccc(CN(C=O)C2CCC(CN(Cc3ccccc3)S(=O)(=O)c3cc(C)cc(C)c3)CC2)cc1. The van der Waals surface area contributed by atoms with Gasteiger partial charge in [0.2, 0.25) is 16.4 Å². The van der Waals surface area contributed by atoms with E-state index in [0.717, 1.165) is 54.3 Å². The van der Waals surface area contributed by atoms with Crippen molar-refractivity contribution in [1.82, 2.24) is 9.21 Å². The van der Waals surface area contributed by atoms with Gasteiger partial charge in [-0.2, -0.15) is 4.31 Å². The van der Waals surface area contributed by atoms with Crippen LogP contribution < -0.4 is 0 Å². The van der Waals surface area contributed by atoms with Gasteiger partial charge in [0.1, 0.15) is 0 Å². The third-order valence-corrected chi connectivity index (χ3v) is 9.19. The van der Waals surface area contributed by atoms with Gasteiger partial charge in [-0.1, -0.05) is 66.2 Å². The van der Waals surface area contributed by atoms with Crippen LogP contribution in [-0.2, 0) is 27.9 Å². The number of benzene rings is 3. The van der Waals surface area contributed by atoms with Gasteiger partial charge in [0, 0.05) is 25.7 Å². The molecule has 1 amide bonds. The molecule has 0 unspecified atom stereocenters. The van der Waals surface area contributed by atoms with E-state index in [1.165, 1.54) is 5.56 Å². The number of rotatable bonds is 10. The van der Waals surface area contributed by atoms with Crippen LogP contribution >= 0.6 is 0 Å². The van der Waals surface area contributed by atoms with Crippen molar-refractivity contribution in [3.63, 3.8) is 0 Å². The Bertz CT molecular complexity index is 1260. The number of aryl methyl sites for hydroxylation is 3. The average Bonchev–Trinajstić information content (AvgIpc) is 2.88. The molecule has 0 aliphatic heterocycles. The van der Waals surface area contributed by atoms with Crippen molar-refractivity contribution in [2.24, 2.45) is 5.92 Å². The van der Waals surface area contributed by atoms with Crippen molar-refractivity contribution in [1.29, 1.82) is 0 Å². The molecule has 6 heteroatoms. The second-order valence-corrected chi connectivity index (χ2v) is 12.5. The maximum absolute atomic E-state index is 13.8. The van der Waals surface area contributed by atoms with E-state index in [0.29, 0.717) is 24.5 Å². The zero-order chi connectivity index (χ0) is 26.4.